The quantitative estimate of drug-likeness (QED) is 0.894. The maximum Gasteiger partial charge on any atom is 0.241 e. The highest BCUT2D eigenvalue weighted by molar-refractivity contribution is 7.18. The number of nitrogens with one attached hydrogen (secondary N) is 1. The van der Waals surface area contributed by atoms with Gasteiger partial charge in [0.25, 0.3) is 0 Å². The number of carbonyl (C=O) groups is 1. The van der Waals surface area contributed by atoms with E-state index in [1.165, 1.54) is 16.2 Å². The van der Waals surface area contributed by atoms with Gasteiger partial charge in [-0.15, -0.1) is 10.2 Å². The molecule has 2 heterocycles. The molecule has 0 aliphatic rings. The number of carbonyl (C=O) groups excluding carboxylic acids is 1. The Morgan fingerprint density at radius 2 is 2.22 bits per heavy atom. The molecular weight excluding hydrogens is 250 g/mol. The highest BCUT2D eigenvalue weighted by Crippen LogP contribution is 2.23. The van der Waals surface area contributed by atoms with Crippen molar-refractivity contribution < 1.29 is 4.79 Å². The lowest BCUT2D eigenvalue weighted by atomic mass is 10.4. The van der Waals surface area contributed by atoms with E-state index in [-0.39, 0.29) is 12.5 Å². The molecule has 0 fully saturated rings. The molecule has 2 aromatic heterocycles. The van der Waals surface area contributed by atoms with E-state index < -0.39 is 0 Å². The summed E-state index contributed by atoms with van der Waals surface area (Å²) in [6.07, 6.45) is 1.71. The summed E-state index contributed by atoms with van der Waals surface area (Å²) in [6, 6.07) is 5.61. The van der Waals surface area contributed by atoms with Crippen molar-refractivity contribution in [1.29, 1.82) is 0 Å². The topological polar surface area (TPSA) is 71.0 Å². The van der Waals surface area contributed by atoms with E-state index in [9.17, 15) is 4.79 Å². The Morgan fingerprint density at radius 1 is 1.39 bits per heavy atom. The molecule has 0 bridgehead atoms. The van der Waals surface area contributed by atoms with E-state index in [0.717, 1.165) is 10.7 Å². The number of anilines is 1. The molecule has 94 valence electrons. The summed E-state index contributed by atoms with van der Waals surface area (Å²) in [4.78, 5) is 17.1. The molecule has 0 saturated carbocycles. The predicted molar refractivity (Wildman–Crippen MR) is 70.3 cm³/mol. The van der Waals surface area contributed by atoms with E-state index in [0.29, 0.717) is 5.13 Å². The zero-order valence-corrected chi connectivity index (χ0v) is 10.9. The Morgan fingerprint density at radius 3 is 2.89 bits per heavy atom. The fourth-order valence-corrected chi connectivity index (χ4v) is 1.91. The average Bonchev–Trinajstić information content (AvgIpc) is 2.85. The molecule has 0 spiro atoms. The third-order valence-electron chi connectivity index (χ3n) is 2.20. The lowest BCUT2D eigenvalue weighted by molar-refractivity contribution is -0.126. The minimum absolute atomic E-state index is 0.00964. The third-order valence-corrected chi connectivity index (χ3v) is 3.10. The summed E-state index contributed by atoms with van der Waals surface area (Å²) >= 11 is 1.37. The molecule has 7 heteroatoms. The van der Waals surface area contributed by atoms with Crippen LogP contribution < -0.4 is 5.32 Å². The van der Waals surface area contributed by atoms with Gasteiger partial charge in [0.05, 0.1) is 6.54 Å². The minimum Gasteiger partial charge on any atom is -0.351 e. The molecule has 2 rings (SSSR count). The van der Waals surface area contributed by atoms with E-state index >= 15 is 0 Å². The summed E-state index contributed by atoms with van der Waals surface area (Å²) in [7, 11) is 3.42. The smallest absolute Gasteiger partial charge is 0.241 e. The van der Waals surface area contributed by atoms with Gasteiger partial charge in [0.2, 0.25) is 11.0 Å². The Labute approximate surface area is 109 Å². The van der Waals surface area contributed by atoms with Crippen molar-refractivity contribution in [3.05, 3.63) is 24.4 Å². The highest BCUT2D eigenvalue weighted by atomic mass is 32.1. The number of rotatable bonds is 4. The van der Waals surface area contributed by atoms with Gasteiger partial charge in [0, 0.05) is 20.3 Å². The molecule has 0 saturated heterocycles. The molecular formula is C11H13N5OS. The molecule has 0 aliphatic heterocycles. The normalized spacial score (nSPS) is 10.1. The molecule has 0 unspecified atom stereocenters. The first kappa shape index (κ1) is 12.4. The van der Waals surface area contributed by atoms with E-state index in [2.05, 4.69) is 20.5 Å². The molecule has 0 aromatic carbocycles. The molecule has 2 aromatic rings. The standard InChI is InChI=1S/C11H13N5OS/c1-16(2)9(17)7-13-11-15-14-10(18-11)8-5-3-4-6-12-8/h3-6H,7H2,1-2H3,(H,13,15). The molecule has 6 nitrogen and oxygen atoms in total. The first-order valence-corrected chi connectivity index (χ1v) is 6.17. The Hall–Kier alpha value is -2.02. The molecule has 1 amide bonds. The number of hydrogen-bond donors (Lipinski definition) is 1. The minimum atomic E-state index is -0.00964. The van der Waals surface area contributed by atoms with Gasteiger partial charge in [0.1, 0.15) is 5.69 Å². The van der Waals surface area contributed by atoms with Crippen molar-refractivity contribution in [2.24, 2.45) is 0 Å². The van der Waals surface area contributed by atoms with Crippen LogP contribution in [-0.2, 0) is 4.79 Å². The fraction of sp³-hybridized carbons (Fsp3) is 0.273. The van der Waals surface area contributed by atoms with Crippen LogP contribution in [0.1, 0.15) is 0 Å². The first-order valence-electron chi connectivity index (χ1n) is 5.36. The van der Waals surface area contributed by atoms with Crippen LogP contribution in [0.5, 0.6) is 0 Å². The average molecular weight is 263 g/mol. The number of hydrogen-bond acceptors (Lipinski definition) is 6. The molecule has 0 atom stereocenters. The second-order valence-corrected chi connectivity index (χ2v) is 4.75. The second kappa shape index (κ2) is 5.54. The lowest BCUT2D eigenvalue weighted by Gasteiger charge is -2.09. The van der Waals surface area contributed by atoms with Crippen molar-refractivity contribution in [1.82, 2.24) is 20.1 Å². The highest BCUT2D eigenvalue weighted by Gasteiger charge is 2.09. The van der Waals surface area contributed by atoms with Crippen molar-refractivity contribution in [2.75, 3.05) is 26.0 Å². The summed E-state index contributed by atoms with van der Waals surface area (Å²) in [6.45, 7) is 0.212. The van der Waals surface area contributed by atoms with Gasteiger partial charge in [0.15, 0.2) is 5.01 Å². The lowest BCUT2D eigenvalue weighted by Crippen LogP contribution is -2.28. The molecule has 18 heavy (non-hydrogen) atoms. The summed E-state index contributed by atoms with van der Waals surface area (Å²) < 4.78 is 0. The van der Waals surface area contributed by atoms with Crippen molar-refractivity contribution in [3.8, 4) is 10.7 Å². The van der Waals surface area contributed by atoms with Crippen molar-refractivity contribution in [3.63, 3.8) is 0 Å². The number of nitrogens with zero attached hydrogens (tertiary/aromatic N) is 4. The van der Waals surface area contributed by atoms with Crippen LogP contribution in [0.15, 0.2) is 24.4 Å². The number of likely N-dealkylation sites (N-methyl/N-ethyl adjacent to an activating group) is 1. The number of pyridine rings is 1. The Bertz CT molecular complexity index is 525. The summed E-state index contributed by atoms with van der Waals surface area (Å²) in [5, 5.41) is 12.3. The van der Waals surface area contributed by atoms with E-state index in [4.69, 9.17) is 0 Å². The van der Waals surface area contributed by atoms with Gasteiger partial charge in [-0.25, -0.2) is 0 Å². The van der Waals surface area contributed by atoms with Crippen LogP contribution >= 0.6 is 11.3 Å². The number of amides is 1. The van der Waals surface area contributed by atoms with Gasteiger partial charge in [-0.1, -0.05) is 17.4 Å². The molecule has 1 N–H and O–H groups in total. The zero-order chi connectivity index (χ0) is 13.0. The van der Waals surface area contributed by atoms with Gasteiger partial charge >= 0.3 is 0 Å². The van der Waals surface area contributed by atoms with Crippen LogP contribution in [0.4, 0.5) is 5.13 Å². The van der Waals surface area contributed by atoms with E-state index in [1.54, 1.807) is 20.3 Å². The van der Waals surface area contributed by atoms with Crippen LogP contribution in [0.3, 0.4) is 0 Å². The molecule has 0 aliphatic carbocycles. The number of aromatic nitrogens is 3. The van der Waals surface area contributed by atoms with Gasteiger partial charge in [-0.05, 0) is 12.1 Å². The third kappa shape index (κ3) is 3.01. The SMILES string of the molecule is CN(C)C(=O)CNc1nnc(-c2ccccn2)s1. The maximum absolute atomic E-state index is 11.4. The zero-order valence-electron chi connectivity index (χ0n) is 10.1. The summed E-state index contributed by atoms with van der Waals surface area (Å²) in [5.74, 6) is -0.00964. The maximum atomic E-state index is 11.4. The van der Waals surface area contributed by atoms with Crippen LogP contribution in [-0.4, -0.2) is 46.6 Å². The Balaban J connectivity index is 2.01. The second-order valence-electron chi connectivity index (χ2n) is 3.77. The fourth-order valence-electron chi connectivity index (χ4n) is 1.20. The van der Waals surface area contributed by atoms with Crippen LogP contribution in [0.2, 0.25) is 0 Å². The first-order chi connectivity index (χ1) is 8.66. The van der Waals surface area contributed by atoms with Gasteiger partial charge in [-0.3, -0.25) is 9.78 Å². The van der Waals surface area contributed by atoms with Crippen molar-refractivity contribution in [2.45, 2.75) is 0 Å². The van der Waals surface area contributed by atoms with Gasteiger partial charge in [-0.2, -0.15) is 0 Å². The largest absolute Gasteiger partial charge is 0.351 e. The predicted octanol–water partition coefficient (Wildman–Crippen LogP) is 1.10. The van der Waals surface area contributed by atoms with Gasteiger partial charge < -0.3 is 10.2 Å². The monoisotopic (exact) mass is 263 g/mol. The van der Waals surface area contributed by atoms with Crippen LogP contribution in [0.25, 0.3) is 10.7 Å². The Kier molecular flexibility index (Phi) is 3.83. The van der Waals surface area contributed by atoms with Crippen LogP contribution in [0, 0.1) is 0 Å². The molecule has 0 radical (unpaired) electrons. The van der Waals surface area contributed by atoms with Crippen molar-refractivity contribution >= 4 is 22.4 Å². The van der Waals surface area contributed by atoms with E-state index in [1.807, 2.05) is 18.2 Å². The summed E-state index contributed by atoms with van der Waals surface area (Å²) in [5.41, 5.74) is 0.780.